The van der Waals surface area contributed by atoms with Gasteiger partial charge in [-0.15, -0.1) is 10.2 Å². The number of nitrogens with one attached hydrogen (secondary N) is 2. The first-order chi connectivity index (χ1) is 11.1. The average Bonchev–Trinajstić information content (AvgIpc) is 2.93. The second kappa shape index (κ2) is 6.22. The molecule has 2 aromatic heterocycles. The van der Waals surface area contributed by atoms with Gasteiger partial charge in [-0.1, -0.05) is 11.2 Å². The monoisotopic (exact) mass is 313 g/mol. The van der Waals surface area contributed by atoms with Crippen LogP contribution in [0.15, 0.2) is 47.0 Å². The summed E-state index contributed by atoms with van der Waals surface area (Å²) in [5.74, 6) is 0.657. The third-order valence-electron chi connectivity index (χ3n) is 2.86. The zero-order valence-electron chi connectivity index (χ0n) is 12.1. The van der Waals surface area contributed by atoms with Crippen LogP contribution in [0.5, 0.6) is 0 Å². The maximum Gasteiger partial charge on any atom is 0.276 e. The van der Waals surface area contributed by atoms with Crippen LogP contribution >= 0.6 is 0 Å². The van der Waals surface area contributed by atoms with E-state index in [1.807, 2.05) is 0 Å². The van der Waals surface area contributed by atoms with Gasteiger partial charge in [0.25, 0.3) is 5.91 Å². The molecule has 1 amide bonds. The van der Waals surface area contributed by atoms with E-state index in [1.54, 1.807) is 25.1 Å². The van der Waals surface area contributed by atoms with Crippen molar-refractivity contribution in [3.05, 3.63) is 59.7 Å². The van der Waals surface area contributed by atoms with Gasteiger partial charge in [0.2, 0.25) is 0 Å². The number of rotatable bonds is 4. The predicted molar refractivity (Wildman–Crippen MR) is 80.9 cm³/mol. The van der Waals surface area contributed by atoms with Gasteiger partial charge in [0.05, 0.1) is 0 Å². The van der Waals surface area contributed by atoms with E-state index in [2.05, 4.69) is 26.0 Å². The molecule has 0 atom stereocenters. The van der Waals surface area contributed by atoms with Crippen molar-refractivity contribution in [2.75, 3.05) is 10.6 Å². The van der Waals surface area contributed by atoms with Crippen molar-refractivity contribution < 1.29 is 13.7 Å². The minimum absolute atomic E-state index is 0.108. The minimum Gasteiger partial charge on any atom is -0.360 e. The normalized spacial score (nSPS) is 10.3. The molecule has 7 nitrogen and oxygen atoms in total. The summed E-state index contributed by atoms with van der Waals surface area (Å²) in [7, 11) is 0. The second-order valence-electron chi connectivity index (χ2n) is 4.72. The number of hydrogen-bond donors (Lipinski definition) is 2. The number of anilines is 3. The Bertz CT molecular complexity index is 832. The number of nitrogens with zero attached hydrogens (tertiary/aromatic N) is 3. The topological polar surface area (TPSA) is 92.9 Å². The van der Waals surface area contributed by atoms with Gasteiger partial charge in [0.1, 0.15) is 11.6 Å². The molecule has 2 N–H and O–H groups in total. The zero-order chi connectivity index (χ0) is 16.2. The maximum absolute atomic E-state index is 13.1. The summed E-state index contributed by atoms with van der Waals surface area (Å²) in [6, 6.07) is 10.4. The van der Waals surface area contributed by atoms with Crippen LogP contribution in [0.1, 0.15) is 16.2 Å². The molecule has 2 heterocycles. The lowest BCUT2D eigenvalue weighted by atomic mass is 10.3. The molecule has 3 rings (SSSR count). The van der Waals surface area contributed by atoms with Gasteiger partial charge in [0, 0.05) is 11.8 Å². The van der Waals surface area contributed by atoms with Gasteiger partial charge >= 0.3 is 0 Å². The predicted octanol–water partition coefficient (Wildman–Crippen LogP) is 2.91. The molecule has 3 aromatic rings. The van der Waals surface area contributed by atoms with Crippen LogP contribution in [0.25, 0.3) is 0 Å². The van der Waals surface area contributed by atoms with Crippen molar-refractivity contribution in [1.29, 1.82) is 0 Å². The highest BCUT2D eigenvalue weighted by molar-refractivity contribution is 6.02. The molecule has 0 aliphatic heterocycles. The van der Waals surface area contributed by atoms with Crippen LogP contribution in [0.2, 0.25) is 0 Å². The van der Waals surface area contributed by atoms with Crippen molar-refractivity contribution in [3.8, 4) is 0 Å². The molecule has 0 spiro atoms. The molecule has 0 aliphatic carbocycles. The van der Waals surface area contributed by atoms with Crippen LogP contribution in [-0.2, 0) is 0 Å². The number of halogens is 1. The summed E-state index contributed by atoms with van der Waals surface area (Å²) in [5, 5.41) is 16.9. The fourth-order valence-corrected chi connectivity index (χ4v) is 1.84. The molecular formula is C15H12FN5O2. The highest BCUT2D eigenvalue weighted by atomic mass is 19.1. The van der Waals surface area contributed by atoms with E-state index in [9.17, 15) is 9.18 Å². The van der Waals surface area contributed by atoms with E-state index in [4.69, 9.17) is 4.52 Å². The van der Waals surface area contributed by atoms with Crippen molar-refractivity contribution in [2.24, 2.45) is 0 Å². The smallest absolute Gasteiger partial charge is 0.276 e. The van der Waals surface area contributed by atoms with Gasteiger partial charge in [-0.05, 0) is 37.3 Å². The standard InChI is InChI=1S/C15H12FN5O2/c1-9-7-14(21-23-9)18-13-6-5-12(19-20-13)15(22)17-11-4-2-3-10(16)8-11/h2-8H,1H3,(H,17,22)(H,18,20,21). The molecule has 1 aromatic carbocycles. The van der Waals surface area contributed by atoms with E-state index >= 15 is 0 Å². The summed E-state index contributed by atoms with van der Waals surface area (Å²) >= 11 is 0. The Hall–Kier alpha value is -3.29. The Morgan fingerprint density at radius 3 is 2.65 bits per heavy atom. The van der Waals surface area contributed by atoms with Crippen molar-refractivity contribution >= 4 is 23.2 Å². The van der Waals surface area contributed by atoms with Crippen LogP contribution in [-0.4, -0.2) is 21.3 Å². The van der Waals surface area contributed by atoms with Crippen LogP contribution in [0.4, 0.5) is 21.7 Å². The zero-order valence-corrected chi connectivity index (χ0v) is 12.1. The Labute approximate surface area is 130 Å². The number of carbonyl (C=O) groups excluding carboxylic acids is 1. The molecule has 0 bridgehead atoms. The lowest BCUT2D eigenvalue weighted by Crippen LogP contribution is -2.14. The Kier molecular flexibility index (Phi) is 3.96. The molecule has 0 radical (unpaired) electrons. The number of hydrogen-bond acceptors (Lipinski definition) is 6. The number of aryl methyl sites for hydroxylation is 1. The first-order valence-corrected chi connectivity index (χ1v) is 6.71. The third-order valence-corrected chi connectivity index (χ3v) is 2.86. The highest BCUT2D eigenvalue weighted by Gasteiger charge is 2.10. The molecule has 0 fully saturated rings. The first kappa shape index (κ1) is 14.6. The molecule has 116 valence electrons. The van der Waals surface area contributed by atoms with E-state index in [1.165, 1.54) is 24.3 Å². The Morgan fingerprint density at radius 1 is 1.13 bits per heavy atom. The van der Waals surface area contributed by atoms with Crippen molar-refractivity contribution in [3.63, 3.8) is 0 Å². The molecule has 0 saturated heterocycles. The lowest BCUT2D eigenvalue weighted by molar-refractivity contribution is 0.102. The quantitative estimate of drug-likeness (QED) is 0.769. The van der Waals surface area contributed by atoms with Gasteiger partial charge in [0.15, 0.2) is 17.3 Å². The van der Waals surface area contributed by atoms with E-state index < -0.39 is 11.7 Å². The lowest BCUT2D eigenvalue weighted by Gasteiger charge is -2.05. The summed E-state index contributed by atoms with van der Waals surface area (Å²) in [5.41, 5.74) is 0.452. The molecule has 23 heavy (non-hydrogen) atoms. The fraction of sp³-hybridized carbons (Fsp3) is 0.0667. The van der Waals surface area contributed by atoms with Crippen molar-refractivity contribution in [1.82, 2.24) is 15.4 Å². The number of aromatic nitrogens is 3. The summed E-state index contributed by atoms with van der Waals surface area (Å²) in [6.07, 6.45) is 0. The molecule has 8 heteroatoms. The maximum atomic E-state index is 13.1. The largest absolute Gasteiger partial charge is 0.360 e. The Morgan fingerprint density at radius 2 is 2.00 bits per heavy atom. The van der Waals surface area contributed by atoms with Crippen LogP contribution in [0, 0.1) is 12.7 Å². The van der Waals surface area contributed by atoms with Gasteiger partial charge in [-0.25, -0.2) is 4.39 Å². The van der Waals surface area contributed by atoms with Gasteiger partial charge < -0.3 is 15.2 Å². The summed E-state index contributed by atoms with van der Waals surface area (Å²) < 4.78 is 18.0. The highest BCUT2D eigenvalue weighted by Crippen LogP contribution is 2.14. The number of amides is 1. The first-order valence-electron chi connectivity index (χ1n) is 6.71. The third kappa shape index (κ3) is 3.67. The number of benzene rings is 1. The fourth-order valence-electron chi connectivity index (χ4n) is 1.84. The van der Waals surface area contributed by atoms with E-state index in [0.717, 1.165) is 0 Å². The van der Waals surface area contributed by atoms with E-state index in [-0.39, 0.29) is 5.69 Å². The second-order valence-corrected chi connectivity index (χ2v) is 4.72. The van der Waals surface area contributed by atoms with E-state index in [0.29, 0.717) is 23.1 Å². The Balaban J connectivity index is 1.67. The van der Waals surface area contributed by atoms with Crippen molar-refractivity contribution in [2.45, 2.75) is 6.92 Å². The van der Waals surface area contributed by atoms with Crippen LogP contribution < -0.4 is 10.6 Å². The summed E-state index contributed by atoms with van der Waals surface area (Å²) in [4.78, 5) is 12.0. The summed E-state index contributed by atoms with van der Waals surface area (Å²) in [6.45, 7) is 1.77. The van der Waals surface area contributed by atoms with Gasteiger partial charge in [-0.2, -0.15) is 0 Å². The minimum atomic E-state index is -0.480. The molecule has 0 aliphatic rings. The molecular weight excluding hydrogens is 301 g/mol. The average molecular weight is 313 g/mol. The number of carbonyl (C=O) groups is 1. The van der Waals surface area contributed by atoms with Gasteiger partial charge in [-0.3, -0.25) is 4.79 Å². The molecule has 0 unspecified atom stereocenters. The SMILES string of the molecule is Cc1cc(Nc2ccc(C(=O)Nc3cccc(F)c3)nn2)no1. The van der Waals surface area contributed by atoms with Crippen LogP contribution in [0.3, 0.4) is 0 Å². The molecule has 0 saturated carbocycles.